The number of ether oxygens (including phenoxy) is 1. The van der Waals surface area contributed by atoms with Crippen molar-refractivity contribution in [1.29, 1.82) is 0 Å². The Hall–Kier alpha value is -3.87. The fourth-order valence-corrected chi connectivity index (χ4v) is 3.64. The molecule has 4 amide bonds. The second-order valence-electron chi connectivity index (χ2n) is 7.27. The number of nitrogens with one attached hydrogen (secondary N) is 2. The fourth-order valence-electron chi connectivity index (χ4n) is 3.64. The summed E-state index contributed by atoms with van der Waals surface area (Å²) >= 11 is 0. The third kappa shape index (κ3) is 3.34. The number of hydrazine groups is 1. The topological polar surface area (TPSA) is 87.7 Å². The molecule has 1 saturated heterocycles. The van der Waals surface area contributed by atoms with Crippen LogP contribution in [0.15, 0.2) is 66.7 Å². The lowest BCUT2D eigenvalue weighted by atomic mass is 9.92. The van der Waals surface area contributed by atoms with Gasteiger partial charge in [-0.25, -0.2) is 4.79 Å². The average Bonchev–Trinajstić information content (AvgIpc) is 2.98. The van der Waals surface area contributed by atoms with Crippen LogP contribution in [-0.4, -0.2) is 30.0 Å². The molecule has 0 bridgehead atoms. The van der Waals surface area contributed by atoms with Crippen LogP contribution in [0.4, 0.5) is 4.79 Å². The number of nitrogens with zero attached hydrogens (tertiary/aromatic N) is 1. The summed E-state index contributed by atoms with van der Waals surface area (Å²) in [6, 6.07) is 19.6. The van der Waals surface area contributed by atoms with Crippen LogP contribution in [0, 0.1) is 0 Å². The molecule has 3 aromatic carbocycles. The van der Waals surface area contributed by atoms with Gasteiger partial charge in [0.2, 0.25) is 5.91 Å². The maximum atomic E-state index is 13.0. The molecule has 30 heavy (non-hydrogen) atoms. The Bertz CT molecular complexity index is 1140. The Morgan fingerprint density at radius 3 is 2.47 bits per heavy atom. The van der Waals surface area contributed by atoms with Crippen molar-refractivity contribution in [2.24, 2.45) is 0 Å². The van der Waals surface area contributed by atoms with E-state index in [9.17, 15) is 14.4 Å². The zero-order chi connectivity index (χ0) is 21.3. The molecule has 0 radical (unpaired) electrons. The quantitative estimate of drug-likeness (QED) is 0.642. The van der Waals surface area contributed by atoms with E-state index in [1.807, 2.05) is 42.5 Å². The number of hydrogen-bond acceptors (Lipinski definition) is 4. The van der Waals surface area contributed by atoms with Gasteiger partial charge in [0.15, 0.2) is 0 Å². The Morgan fingerprint density at radius 2 is 1.73 bits per heavy atom. The van der Waals surface area contributed by atoms with Crippen LogP contribution in [0.3, 0.4) is 0 Å². The minimum absolute atomic E-state index is 0.0393. The summed E-state index contributed by atoms with van der Waals surface area (Å²) in [5, 5.41) is 5.38. The number of carbonyl (C=O) groups excluding carboxylic acids is 3. The van der Waals surface area contributed by atoms with Crippen LogP contribution in [0.1, 0.15) is 18.1 Å². The molecular formula is C23H21N3O4. The van der Waals surface area contributed by atoms with Crippen molar-refractivity contribution in [2.45, 2.75) is 18.9 Å². The lowest BCUT2D eigenvalue weighted by molar-refractivity contribution is -0.138. The summed E-state index contributed by atoms with van der Waals surface area (Å²) in [6.07, 6.45) is 0.0393. The molecule has 3 aromatic rings. The highest BCUT2D eigenvalue weighted by Gasteiger charge is 2.50. The molecule has 7 nitrogen and oxygen atoms in total. The molecule has 0 aromatic heterocycles. The second kappa shape index (κ2) is 7.51. The molecule has 152 valence electrons. The number of rotatable bonds is 5. The van der Waals surface area contributed by atoms with Crippen molar-refractivity contribution in [3.05, 3.63) is 77.9 Å². The Balaban J connectivity index is 1.52. The van der Waals surface area contributed by atoms with Gasteiger partial charge in [0.1, 0.15) is 11.3 Å². The first-order valence-corrected chi connectivity index (χ1v) is 9.50. The highest BCUT2D eigenvalue weighted by molar-refractivity contribution is 6.08. The highest BCUT2D eigenvalue weighted by atomic mass is 16.5. The minimum Gasteiger partial charge on any atom is -0.497 e. The second-order valence-corrected chi connectivity index (χ2v) is 7.27. The molecule has 0 saturated carbocycles. The van der Waals surface area contributed by atoms with Gasteiger partial charge in [-0.3, -0.25) is 15.0 Å². The molecular weight excluding hydrogens is 382 g/mol. The van der Waals surface area contributed by atoms with E-state index in [-0.39, 0.29) is 6.42 Å². The minimum atomic E-state index is -1.28. The third-order valence-corrected chi connectivity index (χ3v) is 5.33. The zero-order valence-electron chi connectivity index (χ0n) is 16.6. The molecule has 0 unspecified atom stereocenters. The maximum Gasteiger partial charge on any atom is 0.344 e. The van der Waals surface area contributed by atoms with E-state index in [2.05, 4.69) is 10.7 Å². The number of methoxy groups -OCH3 is 1. The van der Waals surface area contributed by atoms with E-state index in [1.165, 1.54) is 0 Å². The first-order valence-electron chi connectivity index (χ1n) is 9.50. The van der Waals surface area contributed by atoms with Gasteiger partial charge in [-0.1, -0.05) is 54.6 Å². The molecule has 0 spiro atoms. The number of hydrogen-bond donors (Lipinski definition) is 2. The SMILES string of the molecule is COc1ccc([C@]2(C)NC(=O)N(NC(=O)Cc3cccc4ccccc34)C2=O)cc1. The van der Waals surface area contributed by atoms with E-state index in [4.69, 9.17) is 4.74 Å². The summed E-state index contributed by atoms with van der Waals surface area (Å²) in [5.41, 5.74) is 2.57. The molecule has 0 aliphatic carbocycles. The number of imide groups is 1. The van der Waals surface area contributed by atoms with Gasteiger partial charge in [0.25, 0.3) is 5.91 Å². The predicted molar refractivity (Wildman–Crippen MR) is 112 cm³/mol. The third-order valence-electron chi connectivity index (χ3n) is 5.33. The average molecular weight is 403 g/mol. The molecule has 1 aliphatic heterocycles. The molecule has 2 N–H and O–H groups in total. The molecule has 4 rings (SSSR count). The Labute approximate surface area is 173 Å². The number of benzene rings is 3. The van der Waals surface area contributed by atoms with Gasteiger partial charge in [0, 0.05) is 0 Å². The van der Waals surface area contributed by atoms with Gasteiger partial charge in [-0.05, 0) is 41.0 Å². The smallest absolute Gasteiger partial charge is 0.344 e. The van der Waals surface area contributed by atoms with E-state index < -0.39 is 23.4 Å². The number of amides is 4. The van der Waals surface area contributed by atoms with Crippen molar-refractivity contribution >= 4 is 28.6 Å². The normalized spacial score (nSPS) is 18.4. The zero-order valence-corrected chi connectivity index (χ0v) is 16.6. The summed E-state index contributed by atoms with van der Waals surface area (Å²) in [6.45, 7) is 1.60. The van der Waals surface area contributed by atoms with Crippen LogP contribution < -0.4 is 15.5 Å². The van der Waals surface area contributed by atoms with Crippen molar-refractivity contribution in [3.8, 4) is 5.75 Å². The van der Waals surface area contributed by atoms with Crippen molar-refractivity contribution in [3.63, 3.8) is 0 Å². The van der Waals surface area contributed by atoms with Crippen molar-refractivity contribution < 1.29 is 19.1 Å². The van der Waals surface area contributed by atoms with E-state index in [1.54, 1.807) is 38.3 Å². The Morgan fingerprint density at radius 1 is 1.03 bits per heavy atom. The van der Waals surface area contributed by atoms with E-state index >= 15 is 0 Å². The van der Waals surface area contributed by atoms with E-state index in [0.717, 1.165) is 21.3 Å². The highest BCUT2D eigenvalue weighted by Crippen LogP contribution is 2.29. The van der Waals surface area contributed by atoms with Crippen molar-refractivity contribution in [1.82, 2.24) is 15.8 Å². The van der Waals surface area contributed by atoms with Crippen LogP contribution in [0.25, 0.3) is 10.8 Å². The first-order chi connectivity index (χ1) is 14.4. The van der Waals surface area contributed by atoms with Gasteiger partial charge < -0.3 is 10.1 Å². The van der Waals surface area contributed by atoms with Gasteiger partial charge in [-0.2, -0.15) is 5.01 Å². The number of urea groups is 1. The monoisotopic (exact) mass is 403 g/mol. The van der Waals surface area contributed by atoms with Crippen LogP contribution in [-0.2, 0) is 21.5 Å². The predicted octanol–water partition coefficient (Wildman–Crippen LogP) is 2.89. The largest absolute Gasteiger partial charge is 0.497 e. The van der Waals surface area contributed by atoms with Gasteiger partial charge in [-0.15, -0.1) is 0 Å². The fraction of sp³-hybridized carbons (Fsp3) is 0.174. The van der Waals surface area contributed by atoms with Crippen LogP contribution in [0.5, 0.6) is 5.75 Å². The maximum absolute atomic E-state index is 13.0. The standard InChI is InChI=1S/C23H21N3O4/c1-23(17-10-12-18(30-2)13-11-17)21(28)26(22(29)24-23)25-20(27)14-16-8-5-7-15-6-3-4-9-19(15)16/h3-13H,14H2,1-2H3,(H,24,29)(H,25,27)/t23-/m0/s1. The van der Waals surface area contributed by atoms with Gasteiger partial charge >= 0.3 is 6.03 Å². The summed E-state index contributed by atoms with van der Waals surface area (Å²) in [7, 11) is 1.55. The first kappa shape index (κ1) is 19.4. The number of fused-ring (bicyclic) bond motifs is 1. The molecule has 7 heteroatoms. The molecule has 1 heterocycles. The van der Waals surface area contributed by atoms with Crippen LogP contribution in [0.2, 0.25) is 0 Å². The lowest BCUT2D eigenvalue weighted by Crippen LogP contribution is -2.48. The molecule has 1 atom stereocenters. The summed E-state index contributed by atoms with van der Waals surface area (Å²) in [5.74, 6) is -0.364. The Kier molecular flexibility index (Phi) is 4.87. The lowest BCUT2D eigenvalue weighted by Gasteiger charge is -2.22. The van der Waals surface area contributed by atoms with Crippen molar-refractivity contribution in [2.75, 3.05) is 7.11 Å². The summed E-state index contributed by atoms with van der Waals surface area (Å²) in [4.78, 5) is 38.1. The summed E-state index contributed by atoms with van der Waals surface area (Å²) < 4.78 is 5.13. The molecule has 1 aliphatic rings. The van der Waals surface area contributed by atoms with E-state index in [0.29, 0.717) is 11.3 Å². The molecule has 1 fully saturated rings. The van der Waals surface area contributed by atoms with Crippen LogP contribution >= 0.6 is 0 Å². The number of carbonyl (C=O) groups is 3. The van der Waals surface area contributed by atoms with Gasteiger partial charge in [0.05, 0.1) is 13.5 Å².